The number of allylic oxidation sites excluding steroid dienone is 2. The molecular weight excluding hydrogens is 480 g/mol. The Bertz CT molecular complexity index is 312. The van der Waals surface area contributed by atoms with Crippen LogP contribution in [0.3, 0.4) is 0 Å². The van der Waals surface area contributed by atoms with Gasteiger partial charge < -0.3 is 4.74 Å². The normalized spacial score (nSPS) is 11.2. The van der Waals surface area contributed by atoms with Gasteiger partial charge in [0, 0.05) is 0 Å². The SMILES string of the molecule is CC=CC(COCC(C=CC)=C(Br)Br)=C(Br)Br. The summed E-state index contributed by atoms with van der Waals surface area (Å²) in [5, 5.41) is 0. The third-order valence-corrected chi connectivity index (χ3v) is 3.77. The lowest BCUT2D eigenvalue weighted by Gasteiger charge is -2.07. The Hall–Kier alpha value is 0.840. The maximum absolute atomic E-state index is 5.65. The first-order valence-electron chi connectivity index (χ1n) is 4.94. The van der Waals surface area contributed by atoms with Crippen LogP contribution in [-0.4, -0.2) is 13.2 Å². The summed E-state index contributed by atoms with van der Waals surface area (Å²) < 4.78 is 7.48. The first kappa shape index (κ1) is 17.8. The lowest BCUT2D eigenvalue weighted by Crippen LogP contribution is -2.01. The van der Waals surface area contributed by atoms with Crippen LogP contribution in [0.25, 0.3) is 0 Å². The Morgan fingerprint density at radius 2 is 1.18 bits per heavy atom. The van der Waals surface area contributed by atoms with Crippen LogP contribution < -0.4 is 0 Å². The van der Waals surface area contributed by atoms with Crippen LogP contribution in [0.5, 0.6) is 0 Å². The smallest absolute Gasteiger partial charge is 0.0737 e. The molecule has 0 rings (SSSR count). The second-order valence-corrected chi connectivity index (χ2v) is 8.36. The Morgan fingerprint density at radius 1 is 0.824 bits per heavy atom. The van der Waals surface area contributed by atoms with E-state index in [2.05, 4.69) is 63.7 Å². The predicted molar refractivity (Wildman–Crippen MR) is 90.2 cm³/mol. The van der Waals surface area contributed by atoms with E-state index in [1.165, 1.54) is 0 Å². The van der Waals surface area contributed by atoms with E-state index in [0.717, 1.165) is 17.9 Å². The monoisotopic (exact) mass is 490 g/mol. The maximum Gasteiger partial charge on any atom is 0.0737 e. The van der Waals surface area contributed by atoms with Crippen molar-refractivity contribution >= 4 is 63.7 Å². The van der Waals surface area contributed by atoms with Crippen molar-refractivity contribution in [1.29, 1.82) is 0 Å². The van der Waals surface area contributed by atoms with E-state index in [0.29, 0.717) is 13.2 Å². The number of hydrogen-bond acceptors (Lipinski definition) is 1. The molecule has 0 fully saturated rings. The molecule has 0 amide bonds. The minimum absolute atomic E-state index is 0.546. The van der Waals surface area contributed by atoms with E-state index in [9.17, 15) is 0 Å². The molecule has 0 unspecified atom stereocenters. The van der Waals surface area contributed by atoms with Crippen LogP contribution in [0.4, 0.5) is 0 Å². The fourth-order valence-corrected chi connectivity index (χ4v) is 1.99. The van der Waals surface area contributed by atoms with Gasteiger partial charge in [0.05, 0.1) is 20.0 Å². The fourth-order valence-electron chi connectivity index (χ4n) is 1.00. The third-order valence-electron chi connectivity index (χ3n) is 1.74. The molecule has 17 heavy (non-hydrogen) atoms. The highest BCUT2D eigenvalue weighted by molar-refractivity contribution is 9.28. The molecule has 0 aliphatic heterocycles. The molecule has 0 saturated heterocycles. The van der Waals surface area contributed by atoms with Crippen molar-refractivity contribution in [2.24, 2.45) is 0 Å². The standard InChI is InChI=1S/C12H14Br4O/c1-3-5-9(11(13)14)7-17-8-10(6-4-2)12(15)16/h3-6H,7-8H2,1-2H3. The molecule has 0 aromatic rings. The van der Waals surface area contributed by atoms with Crippen LogP contribution in [0.15, 0.2) is 42.2 Å². The van der Waals surface area contributed by atoms with Crippen LogP contribution in [0.1, 0.15) is 13.8 Å². The van der Waals surface area contributed by atoms with Crippen molar-refractivity contribution in [2.45, 2.75) is 13.8 Å². The number of rotatable bonds is 6. The second kappa shape index (κ2) is 10.7. The van der Waals surface area contributed by atoms with Gasteiger partial charge in [-0.1, -0.05) is 24.3 Å². The Balaban J connectivity index is 4.41. The molecule has 0 radical (unpaired) electrons. The minimum atomic E-state index is 0.546. The van der Waals surface area contributed by atoms with Gasteiger partial charge in [-0.3, -0.25) is 0 Å². The zero-order valence-electron chi connectivity index (χ0n) is 9.64. The molecule has 0 bridgehead atoms. The van der Waals surface area contributed by atoms with E-state index in [1.54, 1.807) is 0 Å². The molecule has 0 spiro atoms. The van der Waals surface area contributed by atoms with E-state index >= 15 is 0 Å². The topological polar surface area (TPSA) is 9.23 Å². The summed E-state index contributed by atoms with van der Waals surface area (Å²) in [6, 6.07) is 0. The molecule has 0 aliphatic carbocycles. The zero-order valence-corrected chi connectivity index (χ0v) is 16.0. The molecule has 5 heteroatoms. The van der Waals surface area contributed by atoms with Gasteiger partial charge >= 0.3 is 0 Å². The van der Waals surface area contributed by atoms with Crippen molar-refractivity contribution in [3.05, 3.63) is 42.2 Å². The summed E-state index contributed by atoms with van der Waals surface area (Å²) in [5.74, 6) is 0. The van der Waals surface area contributed by atoms with Crippen molar-refractivity contribution in [1.82, 2.24) is 0 Å². The van der Waals surface area contributed by atoms with Gasteiger partial charge in [-0.2, -0.15) is 0 Å². The lowest BCUT2D eigenvalue weighted by atomic mass is 10.3. The van der Waals surface area contributed by atoms with Crippen LogP contribution >= 0.6 is 63.7 Å². The van der Waals surface area contributed by atoms with Gasteiger partial charge in [0.2, 0.25) is 0 Å². The Labute approximate surface area is 137 Å². The molecule has 0 aromatic heterocycles. The van der Waals surface area contributed by atoms with E-state index in [1.807, 2.05) is 38.2 Å². The van der Waals surface area contributed by atoms with Gasteiger partial charge in [-0.25, -0.2) is 0 Å². The molecule has 0 saturated carbocycles. The first-order valence-corrected chi connectivity index (χ1v) is 8.11. The van der Waals surface area contributed by atoms with E-state index in [4.69, 9.17) is 4.74 Å². The summed E-state index contributed by atoms with van der Waals surface area (Å²) in [4.78, 5) is 0. The number of ether oxygens (including phenoxy) is 1. The summed E-state index contributed by atoms with van der Waals surface area (Å²) in [6.45, 7) is 5.04. The largest absolute Gasteiger partial charge is 0.372 e. The highest BCUT2D eigenvalue weighted by Crippen LogP contribution is 2.23. The zero-order chi connectivity index (χ0) is 13.3. The summed E-state index contributed by atoms with van der Waals surface area (Å²) in [6.07, 6.45) is 7.96. The summed E-state index contributed by atoms with van der Waals surface area (Å²) in [7, 11) is 0. The molecule has 0 atom stereocenters. The molecule has 0 N–H and O–H groups in total. The second-order valence-electron chi connectivity index (χ2n) is 3.06. The van der Waals surface area contributed by atoms with Gasteiger partial charge in [0.25, 0.3) is 0 Å². The van der Waals surface area contributed by atoms with Gasteiger partial charge in [0.1, 0.15) is 0 Å². The van der Waals surface area contributed by atoms with Crippen molar-refractivity contribution in [3.8, 4) is 0 Å². The first-order chi connectivity index (χ1) is 8.02. The van der Waals surface area contributed by atoms with Crippen LogP contribution in [0.2, 0.25) is 0 Å². The highest BCUT2D eigenvalue weighted by atomic mass is 79.9. The average Bonchev–Trinajstić information content (AvgIpc) is 2.26. The van der Waals surface area contributed by atoms with Crippen LogP contribution in [0, 0.1) is 0 Å². The molecule has 96 valence electrons. The average molecular weight is 494 g/mol. The highest BCUT2D eigenvalue weighted by Gasteiger charge is 2.02. The summed E-state index contributed by atoms with van der Waals surface area (Å²) >= 11 is 13.6. The molecular formula is C12H14Br4O. The summed E-state index contributed by atoms with van der Waals surface area (Å²) in [5.41, 5.74) is 2.14. The Morgan fingerprint density at radius 3 is 1.41 bits per heavy atom. The van der Waals surface area contributed by atoms with E-state index in [-0.39, 0.29) is 0 Å². The predicted octanol–water partition coefficient (Wildman–Crippen LogP) is 6.16. The molecule has 0 aliphatic rings. The minimum Gasteiger partial charge on any atom is -0.372 e. The maximum atomic E-state index is 5.65. The van der Waals surface area contributed by atoms with Gasteiger partial charge in [0.15, 0.2) is 0 Å². The Kier molecular flexibility index (Phi) is 11.3. The molecule has 0 aromatic carbocycles. The quantitative estimate of drug-likeness (QED) is 0.403. The van der Waals surface area contributed by atoms with E-state index < -0.39 is 0 Å². The molecule has 0 heterocycles. The van der Waals surface area contributed by atoms with Crippen molar-refractivity contribution < 1.29 is 4.74 Å². The molecule has 1 nitrogen and oxygen atoms in total. The lowest BCUT2D eigenvalue weighted by molar-refractivity contribution is 0.184. The third kappa shape index (κ3) is 8.54. The number of halogens is 4. The van der Waals surface area contributed by atoms with Crippen molar-refractivity contribution in [2.75, 3.05) is 13.2 Å². The van der Waals surface area contributed by atoms with Gasteiger partial charge in [-0.15, -0.1) is 0 Å². The fraction of sp³-hybridized carbons (Fsp3) is 0.333. The number of hydrogen-bond donors (Lipinski definition) is 0. The van der Waals surface area contributed by atoms with Crippen molar-refractivity contribution in [3.63, 3.8) is 0 Å². The van der Waals surface area contributed by atoms with Crippen LogP contribution in [-0.2, 0) is 4.74 Å². The van der Waals surface area contributed by atoms with Gasteiger partial charge in [-0.05, 0) is 88.7 Å².